The van der Waals surface area contributed by atoms with Gasteiger partial charge in [0.25, 0.3) is 11.8 Å². The Labute approximate surface area is 315 Å². The van der Waals surface area contributed by atoms with E-state index >= 15 is 0 Å². The first-order valence-electron chi connectivity index (χ1n) is 17.9. The van der Waals surface area contributed by atoms with Gasteiger partial charge < -0.3 is 53.2 Å². The number of rotatable bonds is 14. The minimum atomic E-state index is -1.01. The maximum absolute atomic E-state index is 13.7. The molecule has 2 aliphatic heterocycles. The van der Waals surface area contributed by atoms with E-state index in [1.165, 1.54) is 34.1 Å². The lowest BCUT2D eigenvalue weighted by atomic mass is 9.85. The Bertz CT molecular complexity index is 1490. The van der Waals surface area contributed by atoms with E-state index in [0.29, 0.717) is 0 Å². The largest absolute Gasteiger partial charge is 0.368 e. The molecule has 0 radical (unpaired) electrons. The van der Waals surface area contributed by atoms with Gasteiger partial charge in [0.1, 0.15) is 24.2 Å². The molecule has 0 bridgehead atoms. The summed E-state index contributed by atoms with van der Waals surface area (Å²) in [5, 5.41) is 16.6. The summed E-state index contributed by atoms with van der Waals surface area (Å²) < 4.78 is 0. The number of benzene rings is 1. The quantitative estimate of drug-likeness (QED) is 0.0994. The van der Waals surface area contributed by atoms with Crippen LogP contribution in [0.3, 0.4) is 0 Å². The summed E-state index contributed by atoms with van der Waals surface area (Å²) >= 11 is 0. The number of likely N-dealkylation sites (tertiary alicyclic amines) is 2. The van der Waals surface area contributed by atoms with Gasteiger partial charge in [0.05, 0.1) is 13.1 Å². The third-order valence-electron chi connectivity index (χ3n) is 9.42. The molecular weight excluding hydrogens is 700 g/mol. The molecule has 6 atom stereocenters. The van der Waals surface area contributed by atoms with E-state index in [4.69, 9.17) is 11.5 Å². The maximum Gasteiger partial charge on any atom is 0.251 e. The lowest BCUT2D eigenvalue weighted by molar-refractivity contribution is -0.143. The van der Waals surface area contributed by atoms with E-state index in [0.717, 1.165) is 0 Å². The number of likely N-dealkylation sites (N-methyl/N-ethyl adjacent to an activating group) is 2. The second-order valence-electron chi connectivity index (χ2n) is 16.0. The van der Waals surface area contributed by atoms with Crippen LogP contribution in [-0.4, -0.2) is 134 Å². The van der Waals surface area contributed by atoms with Crippen molar-refractivity contribution >= 4 is 47.3 Å². The van der Waals surface area contributed by atoms with Crippen LogP contribution in [0, 0.1) is 10.8 Å². The number of carbonyl (C=O) groups excluding carboxylic acids is 8. The monoisotopic (exact) mass is 756 g/mol. The Balaban J connectivity index is 1.67. The average Bonchev–Trinajstić information content (AvgIpc) is 3.70. The number of nitrogens with one attached hydrogen (secondary N) is 6. The van der Waals surface area contributed by atoms with Crippen LogP contribution in [0.5, 0.6) is 0 Å². The molecule has 10 N–H and O–H groups in total. The SMILES string of the molecule is CNCC(=O)NC(C(=O)N1CC(NC(=O)c2ccc(C(=O)NC3CC(C(N)=O)N(C(=O)C(NC(=O)CNC)C(C)(C)C)C3)cc2)CC1C(N)=O)C(C)(C)C. The van der Waals surface area contributed by atoms with Gasteiger partial charge in [-0.2, -0.15) is 0 Å². The van der Waals surface area contributed by atoms with Crippen molar-refractivity contribution in [2.24, 2.45) is 22.3 Å². The highest BCUT2D eigenvalue weighted by Gasteiger charge is 2.46. The minimum absolute atomic E-state index is 0.00808. The molecule has 8 amide bonds. The first kappa shape index (κ1) is 43.3. The predicted molar refractivity (Wildman–Crippen MR) is 198 cm³/mol. The summed E-state index contributed by atoms with van der Waals surface area (Å²) in [6, 6.07) is 0.585. The predicted octanol–water partition coefficient (Wildman–Crippen LogP) is -2.44. The first-order valence-corrected chi connectivity index (χ1v) is 17.9. The fourth-order valence-corrected chi connectivity index (χ4v) is 6.59. The van der Waals surface area contributed by atoms with Crippen LogP contribution in [0.25, 0.3) is 0 Å². The third-order valence-corrected chi connectivity index (χ3v) is 9.42. The number of hydrogen-bond acceptors (Lipinski definition) is 10. The summed E-state index contributed by atoms with van der Waals surface area (Å²) in [6.07, 6.45) is 0.140. The lowest BCUT2D eigenvalue weighted by Crippen LogP contribution is -2.58. The van der Waals surface area contributed by atoms with Crippen LogP contribution in [-0.2, 0) is 28.8 Å². The second-order valence-corrected chi connectivity index (χ2v) is 16.0. The zero-order chi connectivity index (χ0) is 40.7. The minimum Gasteiger partial charge on any atom is -0.368 e. The van der Waals surface area contributed by atoms with Crippen molar-refractivity contribution in [3.05, 3.63) is 35.4 Å². The molecule has 2 heterocycles. The number of nitrogens with zero attached hydrogens (tertiary/aromatic N) is 2. The van der Waals surface area contributed by atoms with Gasteiger partial charge in [-0.25, -0.2) is 0 Å². The highest BCUT2D eigenvalue weighted by atomic mass is 16.2. The van der Waals surface area contributed by atoms with Crippen molar-refractivity contribution in [3.8, 4) is 0 Å². The molecule has 1 aromatic carbocycles. The van der Waals surface area contributed by atoms with Crippen LogP contribution >= 0.6 is 0 Å². The topological polar surface area (TPSA) is 267 Å². The molecule has 0 saturated carbocycles. The normalized spacial score (nSPS) is 21.1. The number of amides is 8. The molecule has 298 valence electrons. The standard InChI is InChI=1S/C36H56N10O8/c1-35(2,3)27(43-25(47)15-39-7)33(53)45-17-21(13-23(45)29(37)49)41-31(51)19-9-11-20(12-10-19)32(52)42-22-14-24(30(38)50)46(18-22)34(54)28(36(4,5)6)44-26(48)16-40-8/h9-12,21-24,27-28,39-40H,13-18H2,1-8H3,(H2,37,49)(H2,38,50)(H,41,51)(H,42,52)(H,43,47)(H,44,48). The molecule has 1 aromatic rings. The fourth-order valence-electron chi connectivity index (χ4n) is 6.59. The van der Waals surface area contributed by atoms with Gasteiger partial charge in [-0.05, 0) is 62.0 Å². The molecule has 2 aliphatic rings. The summed E-state index contributed by atoms with van der Waals surface area (Å²) in [5.41, 5.74) is 10.3. The van der Waals surface area contributed by atoms with Crippen molar-refractivity contribution in [3.63, 3.8) is 0 Å². The molecule has 2 fully saturated rings. The molecule has 0 aliphatic carbocycles. The fraction of sp³-hybridized carbons (Fsp3) is 0.611. The maximum atomic E-state index is 13.7. The van der Waals surface area contributed by atoms with Gasteiger partial charge in [-0.3, -0.25) is 38.4 Å². The molecule has 0 spiro atoms. The Kier molecular flexibility index (Phi) is 14.3. The van der Waals surface area contributed by atoms with E-state index < -0.39 is 94.3 Å². The van der Waals surface area contributed by atoms with Gasteiger partial charge in [-0.15, -0.1) is 0 Å². The Morgan fingerprint density at radius 3 is 1.20 bits per heavy atom. The molecule has 3 rings (SSSR count). The highest BCUT2D eigenvalue weighted by Crippen LogP contribution is 2.28. The zero-order valence-electron chi connectivity index (χ0n) is 32.3. The smallest absolute Gasteiger partial charge is 0.251 e. The van der Waals surface area contributed by atoms with Gasteiger partial charge >= 0.3 is 0 Å². The van der Waals surface area contributed by atoms with E-state index in [9.17, 15) is 38.4 Å². The number of hydrogen-bond donors (Lipinski definition) is 8. The van der Waals surface area contributed by atoms with Crippen molar-refractivity contribution in [2.75, 3.05) is 40.3 Å². The molecule has 2 saturated heterocycles. The molecular formula is C36H56N10O8. The van der Waals surface area contributed by atoms with Crippen molar-refractivity contribution in [1.29, 1.82) is 0 Å². The van der Waals surface area contributed by atoms with Crippen molar-refractivity contribution < 1.29 is 38.4 Å². The van der Waals surface area contributed by atoms with Gasteiger partial charge in [-0.1, -0.05) is 41.5 Å². The van der Waals surface area contributed by atoms with Crippen LogP contribution < -0.4 is 43.4 Å². The van der Waals surface area contributed by atoms with Crippen LogP contribution in [0.15, 0.2) is 24.3 Å². The van der Waals surface area contributed by atoms with Crippen molar-refractivity contribution in [1.82, 2.24) is 41.7 Å². The average molecular weight is 757 g/mol. The van der Waals surface area contributed by atoms with Crippen molar-refractivity contribution in [2.45, 2.75) is 90.6 Å². The summed E-state index contributed by atoms with van der Waals surface area (Å²) in [7, 11) is 3.20. The zero-order valence-corrected chi connectivity index (χ0v) is 32.3. The summed E-state index contributed by atoms with van der Waals surface area (Å²) in [5.74, 6) is -4.29. The van der Waals surface area contributed by atoms with Gasteiger partial charge in [0.2, 0.25) is 35.4 Å². The van der Waals surface area contributed by atoms with Crippen LogP contribution in [0.4, 0.5) is 0 Å². The molecule has 18 nitrogen and oxygen atoms in total. The van der Waals surface area contributed by atoms with E-state index in [-0.39, 0.29) is 50.1 Å². The first-order chi connectivity index (χ1) is 25.1. The van der Waals surface area contributed by atoms with E-state index in [2.05, 4.69) is 31.9 Å². The molecule has 54 heavy (non-hydrogen) atoms. The Hall–Kier alpha value is -5.10. The number of nitrogens with two attached hydrogens (primary N) is 2. The molecule has 0 aromatic heterocycles. The Morgan fingerprint density at radius 1 is 0.630 bits per heavy atom. The van der Waals surface area contributed by atoms with Gasteiger partial charge in [0, 0.05) is 36.3 Å². The summed E-state index contributed by atoms with van der Waals surface area (Å²) in [6.45, 7) is 10.7. The number of carbonyl (C=O) groups is 8. The van der Waals surface area contributed by atoms with E-state index in [1.54, 1.807) is 55.6 Å². The van der Waals surface area contributed by atoms with Gasteiger partial charge in [0.15, 0.2) is 0 Å². The summed E-state index contributed by atoms with van der Waals surface area (Å²) in [4.78, 5) is 106. The third kappa shape index (κ3) is 11.0. The number of primary amides is 2. The second kappa shape index (κ2) is 17.8. The van der Waals surface area contributed by atoms with Crippen LogP contribution in [0.2, 0.25) is 0 Å². The highest BCUT2D eigenvalue weighted by molar-refractivity contribution is 5.99. The Morgan fingerprint density at radius 2 is 0.944 bits per heavy atom. The van der Waals surface area contributed by atoms with E-state index in [1.807, 2.05) is 0 Å². The lowest BCUT2D eigenvalue weighted by Gasteiger charge is -2.35. The molecule has 6 unspecified atom stereocenters. The molecule has 18 heteroatoms. The van der Waals surface area contributed by atoms with Crippen LogP contribution in [0.1, 0.15) is 75.1 Å².